The molecule has 0 atom stereocenters. The van der Waals surface area contributed by atoms with Gasteiger partial charge in [0.1, 0.15) is 0 Å². The Morgan fingerprint density at radius 1 is 1.29 bits per heavy atom. The van der Waals surface area contributed by atoms with Crippen molar-refractivity contribution in [3.8, 4) is 11.3 Å². The molecule has 0 aliphatic carbocycles. The minimum atomic E-state index is 0.747. The number of benzene rings is 1. The number of hydrogen-bond acceptors (Lipinski definition) is 2. The third-order valence-electron chi connectivity index (χ3n) is 1.81. The van der Waals surface area contributed by atoms with E-state index in [2.05, 4.69) is 20.9 Å². The van der Waals surface area contributed by atoms with Gasteiger partial charge in [-0.2, -0.15) is 0 Å². The molecule has 0 unspecified atom stereocenters. The van der Waals surface area contributed by atoms with E-state index in [1.54, 1.807) is 11.3 Å². The van der Waals surface area contributed by atoms with Crippen LogP contribution >= 0.6 is 38.9 Å². The van der Waals surface area contributed by atoms with Crippen molar-refractivity contribution >= 4 is 38.9 Å². The molecule has 1 aromatic heterocycles. The Kier molecular flexibility index (Phi) is 2.91. The maximum Gasteiger partial charge on any atom is 0.0979 e. The van der Waals surface area contributed by atoms with Crippen LogP contribution in [0.2, 0.25) is 5.02 Å². The first-order valence-corrected chi connectivity index (χ1v) is 6.04. The number of nitrogens with zero attached hydrogens (tertiary/aromatic N) is 1. The largest absolute Gasteiger partial charge is 0.240 e. The molecule has 0 spiro atoms. The molecule has 0 saturated heterocycles. The lowest BCUT2D eigenvalue weighted by Crippen LogP contribution is -1.78. The van der Waals surface area contributed by atoms with Gasteiger partial charge in [0.25, 0.3) is 0 Å². The molecule has 0 radical (unpaired) electrons. The molecule has 1 nitrogen and oxygen atoms in total. The second-order valence-electron chi connectivity index (χ2n) is 2.86. The molecule has 0 amide bonds. The third kappa shape index (κ3) is 2.00. The summed E-state index contributed by atoms with van der Waals surface area (Å²) in [5.74, 6) is 0. The van der Waals surface area contributed by atoms with E-state index in [4.69, 9.17) is 11.6 Å². The molecule has 0 N–H and O–H groups in total. The van der Waals surface area contributed by atoms with Crippen molar-refractivity contribution in [3.63, 3.8) is 0 Å². The van der Waals surface area contributed by atoms with Gasteiger partial charge in [0.2, 0.25) is 0 Å². The van der Waals surface area contributed by atoms with Crippen LogP contribution in [0.25, 0.3) is 11.3 Å². The lowest BCUT2D eigenvalue weighted by atomic mass is 10.2. The number of hydrogen-bond donors (Lipinski definition) is 0. The molecule has 4 heteroatoms. The maximum atomic E-state index is 5.81. The Balaban J connectivity index is 2.49. The summed E-state index contributed by atoms with van der Waals surface area (Å²) < 4.78 is 1.07. The number of aryl methyl sites for hydroxylation is 1. The molecule has 14 heavy (non-hydrogen) atoms. The van der Waals surface area contributed by atoms with Crippen molar-refractivity contribution in [3.05, 3.63) is 38.1 Å². The summed E-state index contributed by atoms with van der Waals surface area (Å²) in [4.78, 5) is 4.44. The molecular weight excluding hydrogens is 282 g/mol. The fourth-order valence-electron chi connectivity index (χ4n) is 1.19. The van der Waals surface area contributed by atoms with E-state index >= 15 is 0 Å². The molecule has 2 rings (SSSR count). The molecule has 1 aromatic carbocycles. The van der Waals surface area contributed by atoms with Gasteiger partial charge in [-0.3, -0.25) is 0 Å². The van der Waals surface area contributed by atoms with E-state index in [1.807, 2.05) is 31.2 Å². The van der Waals surface area contributed by atoms with E-state index < -0.39 is 0 Å². The maximum absolute atomic E-state index is 5.81. The zero-order valence-corrected chi connectivity index (χ0v) is 10.6. The van der Waals surface area contributed by atoms with Gasteiger partial charge in [-0.15, -0.1) is 11.3 Å². The van der Waals surface area contributed by atoms with E-state index in [0.717, 1.165) is 25.1 Å². The van der Waals surface area contributed by atoms with Gasteiger partial charge in [-0.25, -0.2) is 4.98 Å². The summed E-state index contributed by atoms with van der Waals surface area (Å²) in [6, 6.07) is 7.69. The predicted octanol–water partition coefficient (Wildman–Crippen LogP) is 4.53. The fourth-order valence-corrected chi connectivity index (χ4v) is 2.99. The van der Waals surface area contributed by atoms with Crippen LogP contribution in [0, 0.1) is 6.92 Å². The number of thiazole rings is 1. The zero-order valence-electron chi connectivity index (χ0n) is 7.42. The summed E-state index contributed by atoms with van der Waals surface area (Å²) in [6.45, 7) is 1.99. The highest BCUT2D eigenvalue weighted by atomic mass is 79.9. The van der Waals surface area contributed by atoms with Crippen LogP contribution in [0.15, 0.2) is 28.1 Å². The van der Waals surface area contributed by atoms with E-state index in [-0.39, 0.29) is 0 Å². The molecule has 0 saturated carbocycles. The lowest BCUT2D eigenvalue weighted by Gasteiger charge is -1.97. The molecule has 0 fully saturated rings. The average Bonchev–Trinajstić information content (AvgIpc) is 2.47. The van der Waals surface area contributed by atoms with Crippen LogP contribution in [0.4, 0.5) is 0 Å². The number of aromatic nitrogens is 1. The second-order valence-corrected chi connectivity index (χ2v) is 5.82. The molecule has 0 aliphatic heterocycles. The van der Waals surface area contributed by atoms with Gasteiger partial charge in [0.15, 0.2) is 0 Å². The first-order chi connectivity index (χ1) is 6.66. The smallest absolute Gasteiger partial charge is 0.0979 e. The molecular formula is C10H7BrClNS. The SMILES string of the molecule is Cc1nc(-c2ccc(Cl)cc2)c(Br)s1. The monoisotopic (exact) mass is 287 g/mol. The molecule has 0 bridgehead atoms. The van der Waals surface area contributed by atoms with Crippen molar-refractivity contribution in [2.75, 3.05) is 0 Å². The molecule has 72 valence electrons. The van der Waals surface area contributed by atoms with Gasteiger partial charge in [0.05, 0.1) is 14.5 Å². The summed E-state index contributed by atoms with van der Waals surface area (Å²) in [5, 5.41) is 1.80. The van der Waals surface area contributed by atoms with E-state index in [9.17, 15) is 0 Å². The summed E-state index contributed by atoms with van der Waals surface area (Å²) in [7, 11) is 0. The average molecular weight is 289 g/mol. The molecule has 0 aliphatic rings. The van der Waals surface area contributed by atoms with Crippen LogP contribution in [0.5, 0.6) is 0 Å². The van der Waals surface area contributed by atoms with E-state index in [0.29, 0.717) is 0 Å². The topological polar surface area (TPSA) is 12.9 Å². The van der Waals surface area contributed by atoms with Gasteiger partial charge >= 0.3 is 0 Å². The molecule has 1 heterocycles. The number of halogens is 2. The van der Waals surface area contributed by atoms with Crippen molar-refractivity contribution in [1.82, 2.24) is 4.98 Å². The van der Waals surface area contributed by atoms with Gasteiger partial charge < -0.3 is 0 Å². The Labute approximate surface area is 99.9 Å². The van der Waals surface area contributed by atoms with Crippen LogP contribution in [-0.2, 0) is 0 Å². The Morgan fingerprint density at radius 3 is 2.43 bits per heavy atom. The van der Waals surface area contributed by atoms with Crippen LogP contribution in [0.1, 0.15) is 5.01 Å². The summed E-state index contributed by atoms with van der Waals surface area (Å²) in [6.07, 6.45) is 0. The number of rotatable bonds is 1. The Morgan fingerprint density at radius 2 is 1.93 bits per heavy atom. The highest BCUT2D eigenvalue weighted by Crippen LogP contribution is 2.32. The highest BCUT2D eigenvalue weighted by Gasteiger charge is 2.07. The Bertz CT molecular complexity index is 450. The van der Waals surface area contributed by atoms with Crippen molar-refractivity contribution < 1.29 is 0 Å². The second kappa shape index (κ2) is 4.01. The van der Waals surface area contributed by atoms with Gasteiger partial charge in [0, 0.05) is 10.6 Å². The third-order valence-corrected chi connectivity index (χ3v) is 3.68. The predicted molar refractivity (Wildman–Crippen MR) is 65.0 cm³/mol. The summed E-state index contributed by atoms with van der Waals surface area (Å²) >= 11 is 11.0. The lowest BCUT2D eigenvalue weighted by molar-refractivity contribution is 1.29. The van der Waals surface area contributed by atoms with Gasteiger partial charge in [-0.05, 0) is 35.0 Å². The van der Waals surface area contributed by atoms with Crippen molar-refractivity contribution in [2.45, 2.75) is 6.92 Å². The minimum Gasteiger partial charge on any atom is -0.240 e. The van der Waals surface area contributed by atoms with Crippen LogP contribution in [0.3, 0.4) is 0 Å². The Hall–Kier alpha value is -0.380. The molecule has 2 aromatic rings. The quantitative estimate of drug-likeness (QED) is 0.751. The minimum absolute atomic E-state index is 0.747. The highest BCUT2D eigenvalue weighted by molar-refractivity contribution is 9.11. The first kappa shape index (κ1) is 10.1. The van der Waals surface area contributed by atoms with Crippen molar-refractivity contribution in [2.24, 2.45) is 0 Å². The van der Waals surface area contributed by atoms with E-state index in [1.165, 1.54) is 0 Å². The van der Waals surface area contributed by atoms with Crippen LogP contribution in [-0.4, -0.2) is 4.98 Å². The standard InChI is InChI=1S/C10H7BrClNS/c1-6-13-9(10(11)14-6)7-2-4-8(12)5-3-7/h2-5H,1H3. The fraction of sp³-hybridized carbons (Fsp3) is 0.100. The first-order valence-electron chi connectivity index (χ1n) is 4.05. The normalized spacial score (nSPS) is 10.5. The van der Waals surface area contributed by atoms with Crippen molar-refractivity contribution in [1.29, 1.82) is 0 Å². The van der Waals surface area contributed by atoms with Crippen LogP contribution < -0.4 is 0 Å². The zero-order chi connectivity index (χ0) is 10.1. The summed E-state index contributed by atoms with van der Waals surface area (Å²) in [5.41, 5.74) is 2.08. The van der Waals surface area contributed by atoms with Gasteiger partial charge in [-0.1, -0.05) is 23.7 Å².